The fourth-order valence-corrected chi connectivity index (χ4v) is 2.21. The van der Waals surface area contributed by atoms with Crippen LogP contribution in [0, 0.1) is 0 Å². The molecule has 0 radical (unpaired) electrons. The largest absolute Gasteiger partial charge is 0.467 e. The Balaban J connectivity index is 2.26. The third-order valence-corrected chi connectivity index (χ3v) is 2.95. The minimum absolute atomic E-state index is 0.471. The summed E-state index contributed by atoms with van der Waals surface area (Å²) in [7, 11) is 1.98. The van der Waals surface area contributed by atoms with Gasteiger partial charge in [-0.3, -0.25) is 0 Å². The Bertz CT molecular complexity index is 482. The maximum absolute atomic E-state index is 6.22. The summed E-state index contributed by atoms with van der Waals surface area (Å²) in [6.45, 7) is 1.14. The van der Waals surface area contributed by atoms with E-state index in [-0.39, 0.29) is 0 Å². The van der Waals surface area contributed by atoms with Gasteiger partial charge in [-0.05, 0) is 23.8 Å². The first-order valence-electron chi connectivity index (χ1n) is 5.43. The van der Waals surface area contributed by atoms with Gasteiger partial charge in [0.05, 0.1) is 23.5 Å². The predicted octanol–water partition coefficient (Wildman–Crippen LogP) is 3.03. The van der Waals surface area contributed by atoms with Crippen LogP contribution in [-0.2, 0) is 13.1 Å². The Hall–Kier alpha value is -1.45. The molecule has 0 aliphatic carbocycles. The van der Waals surface area contributed by atoms with Gasteiger partial charge in [-0.2, -0.15) is 0 Å². The molecule has 0 amide bonds. The molecule has 3 nitrogen and oxygen atoms in total. The Morgan fingerprint density at radius 2 is 2.12 bits per heavy atom. The van der Waals surface area contributed by atoms with Crippen LogP contribution in [0.5, 0.6) is 0 Å². The van der Waals surface area contributed by atoms with E-state index in [9.17, 15) is 0 Å². The van der Waals surface area contributed by atoms with Gasteiger partial charge in [-0.25, -0.2) is 0 Å². The molecule has 0 bridgehead atoms. The molecule has 0 saturated heterocycles. The van der Waals surface area contributed by atoms with Crippen molar-refractivity contribution in [2.24, 2.45) is 5.73 Å². The zero-order valence-electron chi connectivity index (χ0n) is 9.69. The average Bonchev–Trinajstić information content (AvgIpc) is 2.81. The van der Waals surface area contributed by atoms with Crippen LogP contribution in [0.3, 0.4) is 0 Å². The zero-order chi connectivity index (χ0) is 12.3. The monoisotopic (exact) mass is 250 g/mol. The molecule has 17 heavy (non-hydrogen) atoms. The molecule has 2 aromatic rings. The number of hydrogen-bond donors (Lipinski definition) is 1. The van der Waals surface area contributed by atoms with E-state index in [1.54, 1.807) is 6.26 Å². The van der Waals surface area contributed by atoms with Crippen molar-refractivity contribution in [2.45, 2.75) is 13.1 Å². The molecule has 1 heterocycles. The first-order valence-corrected chi connectivity index (χ1v) is 5.81. The van der Waals surface area contributed by atoms with E-state index in [1.165, 1.54) is 0 Å². The van der Waals surface area contributed by atoms with Crippen molar-refractivity contribution in [3.63, 3.8) is 0 Å². The van der Waals surface area contributed by atoms with Crippen LogP contribution in [0.4, 0.5) is 5.69 Å². The van der Waals surface area contributed by atoms with E-state index in [0.717, 1.165) is 17.0 Å². The zero-order valence-corrected chi connectivity index (χ0v) is 10.4. The first-order chi connectivity index (χ1) is 8.22. The summed E-state index contributed by atoms with van der Waals surface area (Å²) in [6, 6.07) is 9.58. The summed E-state index contributed by atoms with van der Waals surface area (Å²) in [5.41, 5.74) is 7.72. The fraction of sp³-hybridized carbons (Fsp3) is 0.231. The Morgan fingerprint density at radius 1 is 1.29 bits per heavy atom. The maximum atomic E-state index is 6.22. The summed E-state index contributed by atoms with van der Waals surface area (Å²) >= 11 is 6.22. The Kier molecular flexibility index (Phi) is 3.71. The van der Waals surface area contributed by atoms with Gasteiger partial charge in [0, 0.05) is 13.6 Å². The van der Waals surface area contributed by atoms with Crippen LogP contribution in [0.1, 0.15) is 11.3 Å². The maximum Gasteiger partial charge on any atom is 0.123 e. The second kappa shape index (κ2) is 5.25. The molecule has 1 aromatic heterocycles. The highest BCUT2D eigenvalue weighted by atomic mass is 35.5. The Morgan fingerprint density at radius 3 is 2.76 bits per heavy atom. The third kappa shape index (κ3) is 2.62. The van der Waals surface area contributed by atoms with Crippen molar-refractivity contribution in [3.8, 4) is 0 Å². The van der Waals surface area contributed by atoms with Crippen molar-refractivity contribution in [1.82, 2.24) is 0 Å². The van der Waals surface area contributed by atoms with E-state index in [4.69, 9.17) is 21.8 Å². The molecule has 2 rings (SSSR count). The van der Waals surface area contributed by atoms with E-state index < -0.39 is 0 Å². The van der Waals surface area contributed by atoms with Crippen LogP contribution in [-0.4, -0.2) is 7.05 Å². The number of nitrogens with zero attached hydrogens (tertiary/aromatic N) is 1. The van der Waals surface area contributed by atoms with Gasteiger partial charge in [-0.1, -0.05) is 23.7 Å². The molecule has 0 aliphatic rings. The van der Waals surface area contributed by atoms with Crippen molar-refractivity contribution in [1.29, 1.82) is 0 Å². The highest BCUT2D eigenvalue weighted by Gasteiger charge is 2.11. The van der Waals surface area contributed by atoms with Gasteiger partial charge in [-0.15, -0.1) is 0 Å². The minimum atomic E-state index is 0.471. The van der Waals surface area contributed by atoms with Gasteiger partial charge in [0.1, 0.15) is 5.76 Å². The lowest BCUT2D eigenvalue weighted by molar-refractivity contribution is 0.507. The number of para-hydroxylation sites is 1. The Labute approximate surface area is 106 Å². The first kappa shape index (κ1) is 12.0. The number of rotatable bonds is 4. The van der Waals surface area contributed by atoms with Crippen LogP contribution in [0.15, 0.2) is 41.0 Å². The highest BCUT2D eigenvalue weighted by molar-refractivity contribution is 6.33. The normalized spacial score (nSPS) is 10.5. The number of anilines is 1. The molecular formula is C13H15ClN2O. The second-order valence-corrected chi connectivity index (χ2v) is 4.29. The molecule has 0 saturated carbocycles. The molecule has 0 aliphatic heterocycles. The summed E-state index contributed by atoms with van der Waals surface area (Å²) in [4.78, 5) is 2.04. The average molecular weight is 251 g/mol. The van der Waals surface area contributed by atoms with E-state index in [2.05, 4.69) is 0 Å². The lowest BCUT2D eigenvalue weighted by atomic mass is 10.1. The van der Waals surface area contributed by atoms with Gasteiger partial charge < -0.3 is 15.1 Å². The van der Waals surface area contributed by atoms with Crippen molar-refractivity contribution < 1.29 is 4.42 Å². The van der Waals surface area contributed by atoms with Crippen LogP contribution < -0.4 is 10.6 Å². The van der Waals surface area contributed by atoms with Gasteiger partial charge >= 0.3 is 0 Å². The molecule has 0 spiro atoms. The number of nitrogens with two attached hydrogens (primary N) is 1. The van der Waals surface area contributed by atoms with Crippen LogP contribution in [0.2, 0.25) is 5.02 Å². The molecule has 0 atom stereocenters. The summed E-state index contributed by atoms with van der Waals surface area (Å²) in [6.07, 6.45) is 1.67. The second-order valence-electron chi connectivity index (χ2n) is 3.89. The standard InChI is InChI=1S/C13H15ClN2O/c1-16(9-11-5-3-7-17-11)13-10(8-15)4-2-6-12(13)14/h2-7H,8-9,15H2,1H3. The fourth-order valence-electron chi connectivity index (χ4n) is 1.87. The van der Waals surface area contributed by atoms with Gasteiger partial charge in [0.15, 0.2) is 0 Å². The van der Waals surface area contributed by atoms with Crippen molar-refractivity contribution in [3.05, 3.63) is 52.9 Å². The van der Waals surface area contributed by atoms with Crippen LogP contribution in [0.25, 0.3) is 0 Å². The summed E-state index contributed by atoms with van der Waals surface area (Å²) < 4.78 is 5.32. The van der Waals surface area contributed by atoms with Crippen molar-refractivity contribution in [2.75, 3.05) is 11.9 Å². The number of halogens is 1. The molecule has 0 unspecified atom stereocenters. The quantitative estimate of drug-likeness (QED) is 0.907. The summed E-state index contributed by atoms with van der Waals surface area (Å²) in [5.74, 6) is 0.899. The molecule has 1 aromatic carbocycles. The SMILES string of the molecule is CN(Cc1ccco1)c1c(Cl)cccc1CN. The number of furan rings is 1. The van der Waals surface area contributed by atoms with E-state index in [0.29, 0.717) is 18.1 Å². The number of benzene rings is 1. The minimum Gasteiger partial charge on any atom is -0.467 e. The predicted molar refractivity (Wildman–Crippen MR) is 70.2 cm³/mol. The lowest BCUT2D eigenvalue weighted by Crippen LogP contribution is -2.19. The molecule has 90 valence electrons. The molecule has 0 fully saturated rings. The molecule has 2 N–H and O–H groups in total. The summed E-state index contributed by atoms with van der Waals surface area (Å²) in [5, 5.41) is 0.710. The smallest absolute Gasteiger partial charge is 0.123 e. The van der Waals surface area contributed by atoms with Crippen LogP contribution >= 0.6 is 11.6 Å². The van der Waals surface area contributed by atoms with Gasteiger partial charge in [0.25, 0.3) is 0 Å². The molecular weight excluding hydrogens is 236 g/mol. The topological polar surface area (TPSA) is 42.4 Å². The van der Waals surface area contributed by atoms with E-state index >= 15 is 0 Å². The lowest BCUT2D eigenvalue weighted by Gasteiger charge is -2.22. The molecule has 4 heteroatoms. The van der Waals surface area contributed by atoms with Gasteiger partial charge in [0.2, 0.25) is 0 Å². The highest BCUT2D eigenvalue weighted by Crippen LogP contribution is 2.29. The van der Waals surface area contributed by atoms with E-state index in [1.807, 2.05) is 42.3 Å². The van der Waals surface area contributed by atoms with Crippen molar-refractivity contribution >= 4 is 17.3 Å². The number of hydrogen-bond acceptors (Lipinski definition) is 3. The third-order valence-electron chi connectivity index (χ3n) is 2.65.